The predicted molar refractivity (Wildman–Crippen MR) is 59.6 cm³/mol. The van der Waals surface area contributed by atoms with Crippen LogP contribution in [-0.2, 0) is 9.53 Å². The van der Waals surface area contributed by atoms with Crippen LogP contribution in [0.25, 0.3) is 0 Å². The maximum Gasteiger partial charge on any atom is 0.311 e. The molecule has 14 heavy (non-hydrogen) atoms. The third-order valence-corrected chi connectivity index (χ3v) is 2.06. The minimum atomic E-state index is -0.389. The Bertz CT molecular complexity index is 171. The largest absolute Gasteiger partial charge is 0.465 e. The normalized spacial score (nSPS) is 13.8. The second-order valence-electron chi connectivity index (χ2n) is 4.66. The van der Waals surface area contributed by atoms with E-state index >= 15 is 0 Å². The van der Waals surface area contributed by atoms with Crippen molar-refractivity contribution in [3.63, 3.8) is 0 Å². The number of hydrogen-bond acceptors (Lipinski definition) is 2. The quantitative estimate of drug-likeness (QED) is 0.404. The topological polar surface area (TPSA) is 26.3 Å². The Hall–Kier alpha value is -0.240. The molecule has 84 valence electrons. The molecule has 0 amide bonds. The van der Waals surface area contributed by atoms with E-state index in [1.54, 1.807) is 0 Å². The van der Waals surface area contributed by atoms with Crippen molar-refractivity contribution in [3.05, 3.63) is 0 Å². The number of alkyl halides is 1. The number of esters is 1. The standard InChI is InChI=1S/C11H21ClO2/c1-9(12)7-5-6-8-14-10(13)11(2,3)4/h9H,5-8H2,1-4H3. The molecule has 0 bridgehead atoms. The first-order chi connectivity index (χ1) is 6.34. The van der Waals surface area contributed by atoms with Crippen molar-refractivity contribution >= 4 is 17.6 Å². The summed E-state index contributed by atoms with van der Waals surface area (Å²) in [6.07, 6.45) is 2.90. The highest BCUT2D eigenvalue weighted by Gasteiger charge is 2.22. The molecular weight excluding hydrogens is 200 g/mol. The van der Waals surface area contributed by atoms with Gasteiger partial charge in [-0.2, -0.15) is 0 Å². The maximum atomic E-state index is 11.3. The lowest BCUT2D eigenvalue weighted by Gasteiger charge is -2.16. The van der Waals surface area contributed by atoms with Crippen LogP contribution in [0.4, 0.5) is 0 Å². The zero-order valence-corrected chi connectivity index (χ0v) is 10.4. The van der Waals surface area contributed by atoms with E-state index in [2.05, 4.69) is 0 Å². The first-order valence-electron chi connectivity index (χ1n) is 5.15. The van der Waals surface area contributed by atoms with E-state index in [1.165, 1.54) is 0 Å². The van der Waals surface area contributed by atoms with Crippen LogP contribution in [0.15, 0.2) is 0 Å². The Morgan fingerprint density at radius 1 is 1.36 bits per heavy atom. The van der Waals surface area contributed by atoms with Gasteiger partial charge in [0.1, 0.15) is 0 Å². The van der Waals surface area contributed by atoms with Gasteiger partial charge in [-0.05, 0) is 47.0 Å². The lowest BCUT2D eigenvalue weighted by atomic mass is 9.97. The molecule has 0 saturated heterocycles. The molecule has 0 fully saturated rings. The smallest absolute Gasteiger partial charge is 0.311 e. The summed E-state index contributed by atoms with van der Waals surface area (Å²) >= 11 is 5.78. The van der Waals surface area contributed by atoms with Crippen molar-refractivity contribution in [2.45, 2.75) is 52.3 Å². The SMILES string of the molecule is CC(Cl)CCCCOC(=O)C(C)(C)C. The van der Waals surface area contributed by atoms with Crippen LogP contribution in [0.2, 0.25) is 0 Å². The van der Waals surface area contributed by atoms with Crippen LogP contribution in [0.3, 0.4) is 0 Å². The minimum absolute atomic E-state index is 0.128. The fourth-order valence-corrected chi connectivity index (χ4v) is 1.06. The molecule has 0 aromatic heterocycles. The molecular formula is C11H21ClO2. The molecule has 0 radical (unpaired) electrons. The second-order valence-corrected chi connectivity index (χ2v) is 5.41. The Kier molecular flexibility index (Phi) is 6.17. The van der Waals surface area contributed by atoms with Crippen LogP contribution >= 0.6 is 11.6 Å². The lowest BCUT2D eigenvalue weighted by Crippen LogP contribution is -2.23. The van der Waals surface area contributed by atoms with Crippen molar-refractivity contribution in [3.8, 4) is 0 Å². The number of rotatable bonds is 5. The summed E-state index contributed by atoms with van der Waals surface area (Å²) in [5.41, 5.74) is -0.389. The Morgan fingerprint density at radius 3 is 2.36 bits per heavy atom. The molecule has 3 heteroatoms. The molecule has 1 unspecified atom stereocenters. The molecule has 0 heterocycles. The molecule has 1 atom stereocenters. The van der Waals surface area contributed by atoms with Gasteiger partial charge in [-0.25, -0.2) is 0 Å². The van der Waals surface area contributed by atoms with Gasteiger partial charge in [0.05, 0.1) is 12.0 Å². The van der Waals surface area contributed by atoms with Crippen molar-refractivity contribution < 1.29 is 9.53 Å². The third-order valence-electron chi connectivity index (χ3n) is 1.84. The zero-order valence-electron chi connectivity index (χ0n) is 9.60. The number of unbranched alkanes of at least 4 members (excludes halogenated alkanes) is 1. The van der Waals surface area contributed by atoms with E-state index in [0.717, 1.165) is 19.3 Å². The van der Waals surface area contributed by atoms with Crippen molar-refractivity contribution in [2.75, 3.05) is 6.61 Å². The van der Waals surface area contributed by atoms with E-state index in [-0.39, 0.29) is 16.8 Å². The summed E-state index contributed by atoms with van der Waals surface area (Å²) in [5.74, 6) is -0.128. The average Bonchev–Trinajstić information content (AvgIpc) is 2.01. The third kappa shape index (κ3) is 7.19. The molecule has 0 N–H and O–H groups in total. The van der Waals surface area contributed by atoms with Crippen LogP contribution in [0, 0.1) is 5.41 Å². The summed E-state index contributed by atoms with van der Waals surface area (Å²) in [7, 11) is 0. The highest BCUT2D eigenvalue weighted by molar-refractivity contribution is 6.20. The predicted octanol–water partition coefficient (Wildman–Crippen LogP) is 3.37. The molecule has 2 nitrogen and oxygen atoms in total. The first kappa shape index (κ1) is 13.8. The summed E-state index contributed by atoms with van der Waals surface area (Å²) in [6, 6.07) is 0. The van der Waals surface area contributed by atoms with Gasteiger partial charge < -0.3 is 4.74 Å². The summed E-state index contributed by atoms with van der Waals surface area (Å²) in [6.45, 7) is 8.06. The van der Waals surface area contributed by atoms with E-state index in [9.17, 15) is 4.79 Å². The number of carbonyl (C=O) groups excluding carboxylic acids is 1. The zero-order chi connectivity index (χ0) is 11.2. The van der Waals surface area contributed by atoms with Gasteiger partial charge in [-0.15, -0.1) is 11.6 Å². The Labute approximate surface area is 92.0 Å². The molecule has 0 aliphatic carbocycles. The van der Waals surface area contributed by atoms with Crippen LogP contribution in [-0.4, -0.2) is 18.0 Å². The number of halogens is 1. The summed E-state index contributed by atoms with van der Waals surface area (Å²) < 4.78 is 5.11. The van der Waals surface area contributed by atoms with Crippen molar-refractivity contribution in [1.82, 2.24) is 0 Å². The van der Waals surface area contributed by atoms with Gasteiger partial charge >= 0.3 is 5.97 Å². The van der Waals surface area contributed by atoms with Gasteiger partial charge in [-0.1, -0.05) is 0 Å². The number of carbonyl (C=O) groups is 1. The van der Waals surface area contributed by atoms with Crippen molar-refractivity contribution in [1.29, 1.82) is 0 Å². The number of ether oxygens (including phenoxy) is 1. The van der Waals surface area contributed by atoms with E-state index in [4.69, 9.17) is 16.3 Å². The lowest BCUT2D eigenvalue weighted by molar-refractivity contribution is -0.153. The first-order valence-corrected chi connectivity index (χ1v) is 5.59. The molecule has 0 aromatic rings. The van der Waals surface area contributed by atoms with E-state index < -0.39 is 0 Å². The fourth-order valence-electron chi connectivity index (χ4n) is 0.909. The second kappa shape index (κ2) is 6.28. The fraction of sp³-hybridized carbons (Fsp3) is 0.909. The van der Waals surface area contributed by atoms with E-state index in [0.29, 0.717) is 6.61 Å². The van der Waals surface area contributed by atoms with Crippen LogP contribution < -0.4 is 0 Å². The number of hydrogen-bond donors (Lipinski definition) is 0. The van der Waals surface area contributed by atoms with Crippen LogP contribution in [0.1, 0.15) is 47.0 Å². The van der Waals surface area contributed by atoms with E-state index in [1.807, 2.05) is 27.7 Å². The Morgan fingerprint density at radius 2 is 1.93 bits per heavy atom. The highest BCUT2D eigenvalue weighted by atomic mass is 35.5. The maximum absolute atomic E-state index is 11.3. The minimum Gasteiger partial charge on any atom is -0.465 e. The monoisotopic (exact) mass is 220 g/mol. The molecule has 0 aromatic carbocycles. The molecule has 0 aliphatic rings. The Balaban J connectivity index is 3.42. The van der Waals surface area contributed by atoms with Gasteiger partial charge in [0, 0.05) is 5.38 Å². The summed E-state index contributed by atoms with van der Waals surface area (Å²) in [4.78, 5) is 11.3. The summed E-state index contributed by atoms with van der Waals surface area (Å²) in [5, 5.41) is 0.216. The van der Waals surface area contributed by atoms with Crippen molar-refractivity contribution in [2.24, 2.45) is 5.41 Å². The van der Waals surface area contributed by atoms with Crippen LogP contribution in [0.5, 0.6) is 0 Å². The highest BCUT2D eigenvalue weighted by Crippen LogP contribution is 2.15. The average molecular weight is 221 g/mol. The van der Waals surface area contributed by atoms with Gasteiger partial charge in [-0.3, -0.25) is 4.79 Å². The van der Waals surface area contributed by atoms with Gasteiger partial charge in [0.25, 0.3) is 0 Å². The molecule has 0 rings (SSSR count). The molecule has 0 spiro atoms. The van der Waals surface area contributed by atoms with Gasteiger partial charge in [0.15, 0.2) is 0 Å². The molecule has 0 saturated carbocycles. The van der Waals surface area contributed by atoms with Gasteiger partial charge in [0.2, 0.25) is 0 Å². The molecule has 0 aliphatic heterocycles.